The number of nitrogens with two attached hydrogens (primary N) is 1. The lowest BCUT2D eigenvalue weighted by Crippen LogP contribution is -2.38. The second-order valence-corrected chi connectivity index (χ2v) is 4.60. The molecule has 0 saturated heterocycles. The summed E-state index contributed by atoms with van der Waals surface area (Å²) in [5, 5.41) is 0. The van der Waals surface area contributed by atoms with E-state index in [2.05, 4.69) is 0 Å². The molecule has 0 aliphatic heterocycles. The van der Waals surface area contributed by atoms with Gasteiger partial charge in [0.05, 0.1) is 7.11 Å². The molecule has 0 spiro atoms. The molecule has 104 valence electrons. The summed E-state index contributed by atoms with van der Waals surface area (Å²) in [5.74, 6) is 0.477. The van der Waals surface area contributed by atoms with Crippen LogP contribution in [0.15, 0.2) is 24.3 Å². The molecular formula is C15H21NO3. The third kappa shape index (κ3) is 4.10. The molecule has 0 aliphatic rings. The zero-order chi connectivity index (χ0) is 14.4. The fourth-order valence-corrected chi connectivity index (χ4v) is 1.51. The second-order valence-electron chi connectivity index (χ2n) is 4.60. The summed E-state index contributed by atoms with van der Waals surface area (Å²) in [4.78, 5) is 11.8. The number of ether oxygens (including phenoxy) is 2. The molecule has 1 aromatic rings. The highest BCUT2D eigenvalue weighted by molar-refractivity contribution is 5.79. The van der Waals surface area contributed by atoms with Gasteiger partial charge in [0.2, 0.25) is 0 Å². The van der Waals surface area contributed by atoms with E-state index in [-0.39, 0.29) is 5.92 Å². The van der Waals surface area contributed by atoms with Crippen LogP contribution in [0.4, 0.5) is 0 Å². The van der Waals surface area contributed by atoms with Crippen LogP contribution in [0, 0.1) is 5.92 Å². The maximum Gasteiger partial charge on any atom is 0.328 e. The van der Waals surface area contributed by atoms with Crippen LogP contribution in [-0.4, -0.2) is 19.1 Å². The van der Waals surface area contributed by atoms with Gasteiger partial charge in [0.25, 0.3) is 0 Å². The largest absolute Gasteiger partial charge is 0.493 e. The van der Waals surface area contributed by atoms with Gasteiger partial charge in [-0.1, -0.05) is 32.1 Å². The fraction of sp³-hybridized carbons (Fsp3) is 0.400. The van der Waals surface area contributed by atoms with Crippen molar-refractivity contribution in [1.29, 1.82) is 0 Å². The van der Waals surface area contributed by atoms with Gasteiger partial charge in [-0.05, 0) is 30.5 Å². The summed E-state index contributed by atoms with van der Waals surface area (Å²) in [6.07, 6.45) is 3.86. The second kappa shape index (κ2) is 6.95. The van der Waals surface area contributed by atoms with E-state index in [0.29, 0.717) is 11.5 Å². The molecule has 0 aliphatic carbocycles. The first-order valence-corrected chi connectivity index (χ1v) is 6.27. The van der Waals surface area contributed by atoms with Crippen LogP contribution >= 0.6 is 0 Å². The number of esters is 1. The van der Waals surface area contributed by atoms with Gasteiger partial charge in [-0.15, -0.1) is 0 Å². The Labute approximate surface area is 114 Å². The minimum absolute atomic E-state index is 0.0285. The number of rotatable bonds is 5. The average molecular weight is 263 g/mol. The Bertz CT molecular complexity index is 466. The maximum absolute atomic E-state index is 11.8. The predicted molar refractivity (Wildman–Crippen MR) is 76.2 cm³/mol. The van der Waals surface area contributed by atoms with Crippen LogP contribution < -0.4 is 15.2 Å². The van der Waals surface area contributed by atoms with Gasteiger partial charge in [-0.2, -0.15) is 0 Å². The SMILES string of the molecule is CC=Cc1ccc(OC(=O)C(N)C(C)C)c(OC)c1. The molecule has 0 amide bonds. The molecule has 0 saturated carbocycles. The highest BCUT2D eigenvalue weighted by Crippen LogP contribution is 2.29. The molecule has 1 unspecified atom stereocenters. The Kier molecular flexibility index (Phi) is 5.57. The highest BCUT2D eigenvalue weighted by Gasteiger charge is 2.20. The van der Waals surface area contributed by atoms with Gasteiger partial charge >= 0.3 is 5.97 Å². The van der Waals surface area contributed by atoms with E-state index in [1.165, 1.54) is 7.11 Å². The highest BCUT2D eigenvalue weighted by atomic mass is 16.6. The molecular weight excluding hydrogens is 242 g/mol. The topological polar surface area (TPSA) is 61.5 Å². The molecule has 0 fully saturated rings. The molecule has 19 heavy (non-hydrogen) atoms. The van der Waals surface area contributed by atoms with Crippen molar-refractivity contribution in [3.8, 4) is 11.5 Å². The fourth-order valence-electron chi connectivity index (χ4n) is 1.51. The van der Waals surface area contributed by atoms with Crippen LogP contribution in [0.3, 0.4) is 0 Å². The van der Waals surface area contributed by atoms with E-state index >= 15 is 0 Å². The first kappa shape index (κ1) is 15.2. The van der Waals surface area contributed by atoms with Gasteiger partial charge in [0.15, 0.2) is 11.5 Å². The third-order valence-electron chi connectivity index (χ3n) is 2.75. The lowest BCUT2D eigenvalue weighted by atomic mass is 10.1. The monoisotopic (exact) mass is 263 g/mol. The molecule has 0 heterocycles. The van der Waals surface area contributed by atoms with Gasteiger partial charge in [0, 0.05) is 0 Å². The minimum atomic E-state index is -0.639. The van der Waals surface area contributed by atoms with Crippen LogP contribution in [0.1, 0.15) is 26.3 Å². The number of allylic oxidation sites excluding steroid dienone is 1. The zero-order valence-electron chi connectivity index (χ0n) is 11.8. The van der Waals surface area contributed by atoms with E-state index in [9.17, 15) is 4.79 Å². The van der Waals surface area contributed by atoms with Crippen LogP contribution in [0.2, 0.25) is 0 Å². The van der Waals surface area contributed by atoms with Gasteiger partial charge in [-0.25, -0.2) is 4.79 Å². The Hall–Kier alpha value is -1.81. The number of hydrogen-bond acceptors (Lipinski definition) is 4. The maximum atomic E-state index is 11.8. The van der Waals surface area contributed by atoms with Crippen molar-refractivity contribution in [3.63, 3.8) is 0 Å². The van der Waals surface area contributed by atoms with Crippen LogP contribution in [-0.2, 0) is 4.79 Å². The number of benzene rings is 1. The molecule has 1 aromatic carbocycles. The smallest absolute Gasteiger partial charge is 0.328 e. The minimum Gasteiger partial charge on any atom is -0.493 e. The van der Waals surface area contributed by atoms with Crippen molar-refractivity contribution in [1.82, 2.24) is 0 Å². The van der Waals surface area contributed by atoms with Crippen molar-refractivity contribution >= 4 is 12.0 Å². The average Bonchev–Trinajstić information content (AvgIpc) is 2.39. The Morgan fingerprint density at radius 2 is 2.00 bits per heavy atom. The quantitative estimate of drug-likeness (QED) is 0.655. The molecule has 4 heteroatoms. The molecule has 2 N–H and O–H groups in total. The Balaban J connectivity index is 2.92. The van der Waals surface area contributed by atoms with E-state index in [4.69, 9.17) is 15.2 Å². The van der Waals surface area contributed by atoms with Crippen molar-refractivity contribution in [2.45, 2.75) is 26.8 Å². The Morgan fingerprint density at radius 3 is 2.53 bits per heavy atom. The number of carbonyl (C=O) groups excluding carboxylic acids is 1. The molecule has 0 aromatic heterocycles. The van der Waals surface area contributed by atoms with E-state index in [0.717, 1.165) is 5.56 Å². The van der Waals surface area contributed by atoms with E-state index < -0.39 is 12.0 Å². The summed E-state index contributed by atoms with van der Waals surface area (Å²) in [5.41, 5.74) is 6.73. The van der Waals surface area contributed by atoms with E-state index in [1.807, 2.05) is 45.1 Å². The van der Waals surface area contributed by atoms with Gasteiger partial charge in [0.1, 0.15) is 6.04 Å². The lowest BCUT2D eigenvalue weighted by Gasteiger charge is -2.15. The van der Waals surface area contributed by atoms with Crippen LogP contribution in [0.25, 0.3) is 6.08 Å². The number of methoxy groups -OCH3 is 1. The predicted octanol–water partition coefficient (Wildman–Crippen LogP) is 2.62. The zero-order valence-corrected chi connectivity index (χ0v) is 11.8. The third-order valence-corrected chi connectivity index (χ3v) is 2.75. The van der Waals surface area contributed by atoms with Crippen molar-refractivity contribution in [2.75, 3.05) is 7.11 Å². The van der Waals surface area contributed by atoms with Gasteiger partial charge in [-0.3, -0.25) is 0 Å². The van der Waals surface area contributed by atoms with Crippen LogP contribution in [0.5, 0.6) is 11.5 Å². The standard InChI is InChI=1S/C15H21NO3/c1-5-6-11-7-8-12(13(9-11)18-4)19-15(17)14(16)10(2)3/h5-10,14H,16H2,1-4H3. The summed E-state index contributed by atoms with van der Waals surface area (Å²) < 4.78 is 10.5. The van der Waals surface area contributed by atoms with Crippen molar-refractivity contribution in [3.05, 3.63) is 29.8 Å². The normalized spacial score (nSPS) is 12.7. The number of hydrogen-bond donors (Lipinski definition) is 1. The first-order valence-electron chi connectivity index (χ1n) is 6.27. The Morgan fingerprint density at radius 1 is 1.32 bits per heavy atom. The van der Waals surface area contributed by atoms with Crippen molar-refractivity contribution < 1.29 is 14.3 Å². The van der Waals surface area contributed by atoms with Gasteiger partial charge < -0.3 is 15.2 Å². The molecule has 4 nitrogen and oxygen atoms in total. The summed E-state index contributed by atoms with van der Waals surface area (Å²) in [6, 6.07) is 4.73. The molecule has 1 rings (SSSR count). The molecule has 1 atom stereocenters. The van der Waals surface area contributed by atoms with Crippen molar-refractivity contribution in [2.24, 2.45) is 11.7 Å². The summed E-state index contributed by atoms with van der Waals surface area (Å²) >= 11 is 0. The first-order chi connectivity index (χ1) is 8.99. The summed E-state index contributed by atoms with van der Waals surface area (Å²) in [6.45, 7) is 5.68. The molecule has 0 radical (unpaired) electrons. The number of carbonyl (C=O) groups is 1. The lowest BCUT2D eigenvalue weighted by molar-refractivity contribution is -0.136. The van der Waals surface area contributed by atoms with E-state index in [1.54, 1.807) is 6.07 Å². The molecule has 0 bridgehead atoms. The summed E-state index contributed by atoms with van der Waals surface area (Å²) in [7, 11) is 1.54.